The molecule has 0 fully saturated rings. The largest absolute Gasteiger partial charge is 0.469 e. The standard InChI is InChI=1S/C17H20N2O4S2/c1-23-16(21)11-12(13-5-3-9-24-13)19-15(20)7-2-8-18-17(22)14-6-4-10-25-14/h3-6,9-10,12H,2,7-8,11H2,1H3,(H,18,22)(H,19,20)/t12-/m0/s1. The number of hydrogen-bond donors (Lipinski definition) is 2. The molecule has 0 aliphatic heterocycles. The number of methoxy groups -OCH3 is 1. The third kappa shape index (κ3) is 6.32. The van der Waals surface area contributed by atoms with Gasteiger partial charge in [0.2, 0.25) is 5.91 Å². The quantitative estimate of drug-likeness (QED) is 0.517. The minimum absolute atomic E-state index is 0.0951. The number of carbonyl (C=O) groups excluding carboxylic acids is 3. The number of hydrogen-bond acceptors (Lipinski definition) is 6. The fourth-order valence-corrected chi connectivity index (χ4v) is 3.59. The van der Waals surface area contributed by atoms with Gasteiger partial charge in [0.1, 0.15) is 0 Å². The molecule has 134 valence electrons. The van der Waals surface area contributed by atoms with Crippen LogP contribution in [0, 0.1) is 0 Å². The molecular weight excluding hydrogens is 360 g/mol. The maximum atomic E-state index is 12.1. The van der Waals surface area contributed by atoms with Crippen LogP contribution in [-0.4, -0.2) is 31.4 Å². The van der Waals surface area contributed by atoms with Crippen molar-refractivity contribution in [2.45, 2.75) is 25.3 Å². The summed E-state index contributed by atoms with van der Waals surface area (Å²) in [5, 5.41) is 9.38. The van der Waals surface area contributed by atoms with Crippen molar-refractivity contribution >= 4 is 40.5 Å². The zero-order chi connectivity index (χ0) is 18.1. The number of esters is 1. The van der Waals surface area contributed by atoms with Crippen molar-refractivity contribution < 1.29 is 19.1 Å². The highest BCUT2D eigenvalue weighted by Crippen LogP contribution is 2.22. The summed E-state index contributed by atoms with van der Waals surface area (Å²) in [7, 11) is 1.33. The second-order valence-electron chi connectivity index (χ2n) is 5.25. The Hall–Kier alpha value is -2.19. The number of ether oxygens (including phenoxy) is 1. The van der Waals surface area contributed by atoms with E-state index in [2.05, 4.69) is 15.4 Å². The third-order valence-corrected chi connectivity index (χ3v) is 5.29. The first-order chi connectivity index (χ1) is 12.1. The summed E-state index contributed by atoms with van der Waals surface area (Å²) in [6.07, 6.45) is 0.893. The molecule has 0 aliphatic carbocycles. The Bertz CT molecular complexity index is 684. The topological polar surface area (TPSA) is 84.5 Å². The van der Waals surface area contributed by atoms with Crippen molar-refractivity contribution in [3.05, 3.63) is 44.8 Å². The van der Waals surface area contributed by atoms with Gasteiger partial charge in [-0.1, -0.05) is 12.1 Å². The molecular formula is C17H20N2O4S2. The maximum absolute atomic E-state index is 12.1. The molecule has 0 spiro atoms. The molecule has 2 aromatic rings. The van der Waals surface area contributed by atoms with E-state index in [9.17, 15) is 14.4 Å². The molecule has 8 heteroatoms. The fraction of sp³-hybridized carbons (Fsp3) is 0.353. The first-order valence-corrected chi connectivity index (χ1v) is 9.57. The van der Waals surface area contributed by atoms with Gasteiger partial charge in [0.15, 0.2) is 0 Å². The summed E-state index contributed by atoms with van der Waals surface area (Å²) in [6.45, 7) is 0.421. The van der Waals surface area contributed by atoms with Gasteiger partial charge >= 0.3 is 5.97 Å². The molecule has 0 saturated carbocycles. The predicted octanol–water partition coefficient (Wildman–Crippen LogP) is 2.74. The Balaban J connectivity index is 1.75. The summed E-state index contributed by atoms with van der Waals surface area (Å²) in [5.41, 5.74) is 0. The molecule has 25 heavy (non-hydrogen) atoms. The molecule has 1 atom stereocenters. The van der Waals surface area contributed by atoms with E-state index in [1.807, 2.05) is 29.0 Å². The lowest BCUT2D eigenvalue weighted by atomic mass is 10.1. The minimum atomic E-state index is -0.388. The van der Waals surface area contributed by atoms with Gasteiger partial charge in [0, 0.05) is 17.8 Å². The first kappa shape index (κ1) is 19.1. The Labute approximate surface area is 154 Å². The molecule has 2 amide bonds. The Morgan fingerprint density at radius 2 is 1.92 bits per heavy atom. The molecule has 2 rings (SSSR count). The summed E-state index contributed by atoms with van der Waals surface area (Å²) in [4.78, 5) is 37.0. The normalized spacial score (nSPS) is 11.6. The molecule has 0 aromatic carbocycles. The van der Waals surface area contributed by atoms with Gasteiger partial charge in [-0.15, -0.1) is 22.7 Å². The zero-order valence-electron chi connectivity index (χ0n) is 13.8. The van der Waals surface area contributed by atoms with Crippen molar-refractivity contribution in [3.8, 4) is 0 Å². The number of amides is 2. The smallest absolute Gasteiger partial charge is 0.307 e. The van der Waals surface area contributed by atoms with Crippen LogP contribution in [-0.2, 0) is 14.3 Å². The Morgan fingerprint density at radius 3 is 2.56 bits per heavy atom. The molecule has 0 unspecified atom stereocenters. The third-order valence-electron chi connectivity index (χ3n) is 3.43. The minimum Gasteiger partial charge on any atom is -0.469 e. The van der Waals surface area contributed by atoms with Gasteiger partial charge in [-0.05, 0) is 29.3 Å². The van der Waals surface area contributed by atoms with Gasteiger partial charge < -0.3 is 15.4 Å². The van der Waals surface area contributed by atoms with E-state index in [0.29, 0.717) is 17.8 Å². The summed E-state index contributed by atoms with van der Waals surface area (Å²) in [6, 6.07) is 6.93. The summed E-state index contributed by atoms with van der Waals surface area (Å²) >= 11 is 2.85. The lowest BCUT2D eigenvalue weighted by Crippen LogP contribution is -2.31. The van der Waals surface area contributed by atoms with Crippen LogP contribution in [0.1, 0.15) is 39.9 Å². The average molecular weight is 380 g/mol. The Morgan fingerprint density at radius 1 is 1.16 bits per heavy atom. The van der Waals surface area contributed by atoms with Crippen LogP contribution in [0.2, 0.25) is 0 Å². The van der Waals surface area contributed by atoms with Gasteiger partial charge in [0.25, 0.3) is 5.91 Å². The van der Waals surface area contributed by atoms with Crippen LogP contribution < -0.4 is 10.6 Å². The van der Waals surface area contributed by atoms with Crippen LogP contribution in [0.3, 0.4) is 0 Å². The second kappa shape index (κ2) is 9.95. The number of thiophene rings is 2. The van der Waals surface area contributed by atoms with Crippen molar-refractivity contribution in [3.63, 3.8) is 0 Å². The van der Waals surface area contributed by atoms with E-state index >= 15 is 0 Å². The molecule has 6 nitrogen and oxygen atoms in total. The number of rotatable bonds is 9. The highest BCUT2D eigenvalue weighted by atomic mass is 32.1. The lowest BCUT2D eigenvalue weighted by molar-refractivity contribution is -0.141. The maximum Gasteiger partial charge on any atom is 0.307 e. The monoisotopic (exact) mass is 380 g/mol. The number of carbonyl (C=O) groups is 3. The molecule has 2 heterocycles. The van der Waals surface area contributed by atoms with Crippen LogP contribution in [0.4, 0.5) is 0 Å². The first-order valence-electron chi connectivity index (χ1n) is 7.81. The van der Waals surface area contributed by atoms with E-state index in [0.717, 1.165) is 4.88 Å². The van der Waals surface area contributed by atoms with E-state index in [-0.39, 0.29) is 36.7 Å². The summed E-state index contributed by atoms with van der Waals surface area (Å²) in [5.74, 6) is -0.660. The van der Waals surface area contributed by atoms with Gasteiger partial charge in [-0.2, -0.15) is 0 Å². The van der Waals surface area contributed by atoms with E-state index in [1.165, 1.54) is 29.8 Å². The molecule has 0 bridgehead atoms. The zero-order valence-corrected chi connectivity index (χ0v) is 15.5. The second-order valence-corrected chi connectivity index (χ2v) is 7.18. The molecule has 0 radical (unpaired) electrons. The average Bonchev–Trinajstić information content (AvgIpc) is 3.31. The van der Waals surface area contributed by atoms with Crippen molar-refractivity contribution in [1.82, 2.24) is 10.6 Å². The van der Waals surface area contributed by atoms with Crippen LogP contribution in [0.15, 0.2) is 35.0 Å². The van der Waals surface area contributed by atoms with E-state index in [1.54, 1.807) is 6.07 Å². The van der Waals surface area contributed by atoms with E-state index in [4.69, 9.17) is 0 Å². The fourth-order valence-electron chi connectivity index (χ4n) is 2.17. The number of nitrogens with one attached hydrogen (secondary N) is 2. The van der Waals surface area contributed by atoms with Crippen molar-refractivity contribution in [1.29, 1.82) is 0 Å². The van der Waals surface area contributed by atoms with Crippen molar-refractivity contribution in [2.75, 3.05) is 13.7 Å². The van der Waals surface area contributed by atoms with Crippen LogP contribution in [0.25, 0.3) is 0 Å². The van der Waals surface area contributed by atoms with Gasteiger partial charge in [0.05, 0.1) is 24.4 Å². The highest BCUT2D eigenvalue weighted by molar-refractivity contribution is 7.12. The van der Waals surface area contributed by atoms with Gasteiger partial charge in [-0.25, -0.2) is 0 Å². The van der Waals surface area contributed by atoms with E-state index < -0.39 is 0 Å². The van der Waals surface area contributed by atoms with Crippen LogP contribution in [0.5, 0.6) is 0 Å². The van der Waals surface area contributed by atoms with Gasteiger partial charge in [-0.3, -0.25) is 14.4 Å². The summed E-state index contributed by atoms with van der Waals surface area (Å²) < 4.78 is 4.69. The SMILES string of the molecule is COC(=O)C[C@H](NC(=O)CCCNC(=O)c1cccs1)c1cccs1. The molecule has 0 saturated heterocycles. The van der Waals surface area contributed by atoms with Crippen molar-refractivity contribution in [2.24, 2.45) is 0 Å². The predicted molar refractivity (Wildman–Crippen MR) is 97.7 cm³/mol. The molecule has 0 aliphatic rings. The molecule has 2 aromatic heterocycles. The Kier molecular flexibility index (Phi) is 7.62. The lowest BCUT2D eigenvalue weighted by Gasteiger charge is -2.16. The highest BCUT2D eigenvalue weighted by Gasteiger charge is 2.19. The van der Waals surface area contributed by atoms with Crippen LogP contribution >= 0.6 is 22.7 Å². The molecule has 2 N–H and O–H groups in total.